The number of amides is 1. The van der Waals surface area contributed by atoms with Gasteiger partial charge in [-0.15, -0.1) is 0 Å². The maximum atomic E-state index is 13.3. The van der Waals surface area contributed by atoms with Crippen molar-refractivity contribution in [1.82, 2.24) is 14.6 Å². The monoisotopic (exact) mass is 822 g/mol. The van der Waals surface area contributed by atoms with Gasteiger partial charge in [0, 0.05) is 78.4 Å². The van der Waals surface area contributed by atoms with E-state index in [-0.39, 0.29) is 43.8 Å². The molecular weight excluding hydrogens is 776 g/mol. The Morgan fingerprint density at radius 1 is 0.873 bits per heavy atom. The smallest absolute Gasteiger partial charge is 0.478 e. The highest BCUT2D eigenvalue weighted by Crippen LogP contribution is 2.38. The number of hydrogen-bond donors (Lipinski definition) is 2. The number of pyridine rings is 1. The molecular formula is C40H47Cl2F3N4O5S. The highest BCUT2D eigenvalue weighted by Gasteiger charge is 2.50. The molecule has 1 saturated heterocycles. The largest absolute Gasteiger partial charge is 0.511 e. The molecule has 4 aromatic rings. The highest BCUT2D eigenvalue weighted by molar-refractivity contribution is 7.90. The Hall–Kier alpha value is -3.62. The predicted octanol–water partition coefficient (Wildman–Crippen LogP) is 9.32. The third kappa shape index (κ3) is 11.9. The van der Waals surface area contributed by atoms with Gasteiger partial charge in [0.2, 0.25) is 11.8 Å². The van der Waals surface area contributed by atoms with Gasteiger partial charge in [0.15, 0.2) is 0 Å². The van der Waals surface area contributed by atoms with E-state index in [0.29, 0.717) is 70.5 Å². The normalized spacial score (nSPS) is 14.4. The summed E-state index contributed by atoms with van der Waals surface area (Å²) >= 11 is 12.5. The molecule has 0 saturated carbocycles. The summed E-state index contributed by atoms with van der Waals surface area (Å²) in [5.74, 6) is 0.189. The van der Waals surface area contributed by atoms with E-state index in [2.05, 4.69) is 17.6 Å². The molecule has 2 N–H and O–H groups in total. The number of piperidine rings is 1. The second kappa shape index (κ2) is 20.0. The lowest BCUT2D eigenvalue weighted by Crippen LogP contribution is -2.47. The number of aromatic nitrogens is 1. The van der Waals surface area contributed by atoms with E-state index in [1.807, 2.05) is 66.7 Å². The van der Waals surface area contributed by atoms with Gasteiger partial charge in [-0.1, -0.05) is 60.5 Å². The number of unbranched alkanes of at least 4 members (excludes halogenated alkanes) is 2. The number of nitrogens with one attached hydrogen (secondary N) is 2. The van der Waals surface area contributed by atoms with E-state index in [1.54, 1.807) is 6.07 Å². The molecule has 0 aliphatic carbocycles. The Morgan fingerprint density at radius 2 is 1.51 bits per heavy atom. The number of benzene rings is 3. The van der Waals surface area contributed by atoms with Crippen LogP contribution in [0.5, 0.6) is 5.88 Å². The summed E-state index contributed by atoms with van der Waals surface area (Å²) in [4.78, 5) is 17.0. The van der Waals surface area contributed by atoms with Crippen molar-refractivity contribution in [2.45, 2.75) is 75.8 Å². The minimum Gasteiger partial charge on any atom is -0.478 e. The van der Waals surface area contributed by atoms with Gasteiger partial charge in [0.05, 0.1) is 12.1 Å². The molecule has 9 nitrogen and oxygen atoms in total. The number of rotatable bonds is 19. The number of fused-ring (bicyclic) bond motifs is 1. The zero-order valence-corrected chi connectivity index (χ0v) is 33.0. The summed E-state index contributed by atoms with van der Waals surface area (Å²) < 4.78 is 75.9. The van der Waals surface area contributed by atoms with E-state index in [0.717, 1.165) is 47.9 Å². The van der Waals surface area contributed by atoms with Gasteiger partial charge in [-0.2, -0.15) is 17.5 Å². The first-order valence-corrected chi connectivity index (χ1v) is 20.8. The van der Waals surface area contributed by atoms with Crippen LogP contribution in [0.1, 0.15) is 80.9 Å². The number of halogens is 5. The minimum atomic E-state index is -5.41. The molecule has 0 bridgehead atoms. The van der Waals surface area contributed by atoms with Gasteiger partial charge in [-0.25, -0.2) is 13.4 Å². The summed E-state index contributed by atoms with van der Waals surface area (Å²) in [5.41, 5.74) is -1.08. The number of carbonyl (C=O) groups excluding carboxylic acids is 1. The van der Waals surface area contributed by atoms with Crippen LogP contribution in [-0.4, -0.2) is 74.6 Å². The van der Waals surface area contributed by atoms with Crippen molar-refractivity contribution in [1.29, 1.82) is 0 Å². The zero-order valence-electron chi connectivity index (χ0n) is 30.7. The Bertz CT molecular complexity index is 1920. The SMILES string of the molecule is CCCOCCCNC(=O)CCCCCOc1cc(NC2CCN(S(=O)(=O)C(F)(F)F)CC2)c2cc(C(c3ccc(Cl)cc3)c3ccc(Cl)cc3)ccc2n1. The molecule has 298 valence electrons. The maximum Gasteiger partial charge on any atom is 0.511 e. The Labute approximate surface area is 330 Å². The van der Waals surface area contributed by atoms with Crippen LogP contribution in [0.25, 0.3) is 10.9 Å². The van der Waals surface area contributed by atoms with Crippen LogP contribution in [0.3, 0.4) is 0 Å². The fourth-order valence-electron chi connectivity index (χ4n) is 6.56. The van der Waals surface area contributed by atoms with E-state index < -0.39 is 15.5 Å². The molecule has 15 heteroatoms. The van der Waals surface area contributed by atoms with Crippen molar-refractivity contribution < 1.29 is 35.9 Å². The summed E-state index contributed by atoms with van der Waals surface area (Å²) in [6.07, 6.45) is 4.72. The van der Waals surface area contributed by atoms with E-state index >= 15 is 0 Å². The molecule has 1 aliphatic rings. The van der Waals surface area contributed by atoms with Crippen LogP contribution in [0, 0.1) is 0 Å². The van der Waals surface area contributed by atoms with E-state index in [9.17, 15) is 26.4 Å². The van der Waals surface area contributed by atoms with Crippen LogP contribution in [0.15, 0.2) is 72.8 Å². The number of nitrogens with zero attached hydrogens (tertiary/aromatic N) is 2. The predicted molar refractivity (Wildman–Crippen MR) is 211 cm³/mol. The Morgan fingerprint density at radius 3 is 2.13 bits per heavy atom. The lowest BCUT2D eigenvalue weighted by atomic mass is 9.84. The van der Waals surface area contributed by atoms with Crippen molar-refractivity contribution in [2.75, 3.05) is 44.8 Å². The quantitative estimate of drug-likeness (QED) is 0.0717. The number of sulfonamides is 1. The second-order valence-electron chi connectivity index (χ2n) is 13.6. The van der Waals surface area contributed by atoms with Gasteiger partial charge in [-0.3, -0.25) is 4.79 Å². The first-order chi connectivity index (χ1) is 26.4. The summed E-state index contributed by atoms with van der Waals surface area (Å²) in [7, 11) is -5.41. The molecule has 5 rings (SSSR count). The molecule has 3 aromatic carbocycles. The minimum absolute atomic E-state index is 0.0129. The van der Waals surface area contributed by atoms with E-state index in [4.69, 9.17) is 37.7 Å². The maximum absolute atomic E-state index is 13.3. The third-order valence-corrected chi connectivity index (χ3v) is 11.6. The van der Waals surface area contributed by atoms with Crippen LogP contribution in [-0.2, 0) is 19.6 Å². The van der Waals surface area contributed by atoms with E-state index in [1.165, 1.54) is 0 Å². The van der Waals surface area contributed by atoms with Crippen LogP contribution in [0.2, 0.25) is 10.0 Å². The summed E-state index contributed by atoms with van der Waals surface area (Å²) in [6.45, 7) is 3.84. The van der Waals surface area contributed by atoms with Crippen molar-refractivity contribution in [3.05, 3.63) is 99.5 Å². The molecule has 0 atom stereocenters. The topological polar surface area (TPSA) is 110 Å². The lowest BCUT2D eigenvalue weighted by Gasteiger charge is -2.32. The molecule has 0 unspecified atom stereocenters. The molecule has 1 amide bonds. The molecule has 1 aliphatic heterocycles. The number of ether oxygens (including phenoxy) is 2. The number of anilines is 1. The van der Waals surface area contributed by atoms with Crippen molar-refractivity contribution in [3.8, 4) is 5.88 Å². The summed E-state index contributed by atoms with van der Waals surface area (Å²) in [5, 5.41) is 8.39. The average molecular weight is 824 g/mol. The fourth-order valence-corrected chi connectivity index (χ4v) is 7.80. The lowest BCUT2D eigenvalue weighted by molar-refractivity contribution is -0.121. The second-order valence-corrected chi connectivity index (χ2v) is 16.4. The van der Waals surface area contributed by atoms with Crippen LogP contribution >= 0.6 is 23.2 Å². The third-order valence-electron chi connectivity index (χ3n) is 9.43. The van der Waals surface area contributed by atoms with Gasteiger partial charge in [0.25, 0.3) is 0 Å². The van der Waals surface area contributed by atoms with Crippen molar-refractivity contribution >= 4 is 55.7 Å². The first kappa shape index (κ1) is 42.5. The molecule has 0 spiro atoms. The van der Waals surface area contributed by atoms with Gasteiger partial charge in [-0.05, 0) is 98.0 Å². The molecule has 0 radical (unpaired) electrons. The average Bonchev–Trinajstić information content (AvgIpc) is 3.16. The number of alkyl halides is 3. The van der Waals surface area contributed by atoms with Crippen LogP contribution < -0.4 is 15.4 Å². The van der Waals surface area contributed by atoms with Crippen molar-refractivity contribution in [3.63, 3.8) is 0 Å². The fraction of sp³-hybridized carbons (Fsp3) is 0.450. The highest BCUT2D eigenvalue weighted by atomic mass is 35.5. The molecule has 2 heterocycles. The van der Waals surface area contributed by atoms with Gasteiger partial charge in [0.1, 0.15) is 0 Å². The molecule has 55 heavy (non-hydrogen) atoms. The standard InChI is InChI=1S/C40H47Cl2F3N4O5S/c1-2-23-53-24-6-20-46-37(50)7-4-3-5-25-54-38-27-36(47-33-18-21-49(22-19-33)55(51,52)40(43,44)45)34-26-30(12-17-35(34)48-38)39(28-8-13-31(41)14-9-28)29-10-15-32(42)16-11-29/h8-17,26-27,33,39H,2-7,18-25H2,1H3,(H,46,50)(H,47,48). The number of hydrogen-bond acceptors (Lipinski definition) is 7. The molecule has 1 aromatic heterocycles. The number of carbonyl (C=O) groups is 1. The molecule has 1 fully saturated rings. The zero-order chi connectivity index (χ0) is 39.4. The Kier molecular flexibility index (Phi) is 15.5. The Balaban J connectivity index is 1.32. The van der Waals surface area contributed by atoms with Crippen molar-refractivity contribution in [2.24, 2.45) is 0 Å². The van der Waals surface area contributed by atoms with Gasteiger partial charge < -0.3 is 20.1 Å². The first-order valence-electron chi connectivity index (χ1n) is 18.6. The van der Waals surface area contributed by atoms with Gasteiger partial charge >= 0.3 is 15.5 Å². The van der Waals surface area contributed by atoms with Crippen LogP contribution in [0.4, 0.5) is 18.9 Å². The summed E-state index contributed by atoms with van der Waals surface area (Å²) in [6, 6.07) is 22.7.